The van der Waals surface area contributed by atoms with E-state index >= 15 is 0 Å². The van der Waals surface area contributed by atoms with Gasteiger partial charge < -0.3 is 9.40 Å². The number of rotatable bonds is 4. The van der Waals surface area contributed by atoms with Gasteiger partial charge in [0.2, 0.25) is 0 Å². The second-order valence-corrected chi connectivity index (χ2v) is 7.00. The molecule has 1 aromatic heterocycles. The largest absolute Gasteiger partial charge is 0.366 e. The van der Waals surface area contributed by atoms with Crippen molar-refractivity contribution in [3.05, 3.63) is 107 Å². The number of nitrogens with zero attached hydrogens (tertiary/aromatic N) is 2. The van der Waals surface area contributed by atoms with Gasteiger partial charge >= 0.3 is 5.97 Å². The maximum atomic E-state index is 13.0. The van der Waals surface area contributed by atoms with Crippen molar-refractivity contribution in [2.75, 3.05) is 0 Å². The van der Waals surface area contributed by atoms with Crippen molar-refractivity contribution < 1.29 is 19.2 Å². The first-order valence-electron chi connectivity index (χ1n) is 9.45. The van der Waals surface area contributed by atoms with Crippen molar-refractivity contribution in [3.63, 3.8) is 0 Å². The van der Waals surface area contributed by atoms with Gasteiger partial charge in [-0.15, -0.1) is 0 Å². The Labute approximate surface area is 171 Å². The Hall–Kier alpha value is -4.19. The van der Waals surface area contributed by atoms with E-state index in [2.05, 4.69) is 0 Å². The molecule has 30 heavy (non-hydrogen) atoms. The molecule has 1 aliphatic heterocycles. The van der Waals surface area contributed by atoms with Crippen LogP contribution in [0.25, 0.3) is 10.9 Å². The Morgan fingerprint density at radius 3 is 2.13 bits per heavy atom. The number of carbonyl (C=O) groups excluding carboxylic acids is 3. The number of hydrogen-bond acceptors (Lipinski definition) is 4. The Kier molecular flexibility index (Phi) is 4.17. The van der Waals surface area contributed by atoms with E-state index in [9.17, 15) is 14.4 Å². The fourth-order valence-electron chi connectivity index (χ4n) is 3.72. The lowest BCUT2D eigenvalue weighted by atomic mass is 10.1. The normalized spacial score (nSPS) is 13.0. The number of hydroxylamine groups is 2. The summed E-state index contributed by atoms with van der Waals surface area (Å²) >= 11 is 0. The van der Waals surface area contributed by atoms with Crippen LogP contribution >= 0.6 is 0 Å². The average molecular weight is 396 g/mol. The van der Waals surface area contributed by atoms with Gasteiger partial charge in [-0.3, -0.25) is 9.59 Å². The average Bonchev–Trinajstić information content (AvgIpc) is 3.29. The third-order valence-corrected chi connectivity index (χ3v) is 5.14. The summed E-state index contributed by atoms with van der Waals surface area (Å²) in [7, 11) is 0. The maximum Gasteiger partial charge on any atom is 0.366 e. The predicted octanol–water partition coefficient (Wildman–Crippen LogP) is 4.06. The van der Waals surface area contributed by atoms with E-state index in [-0.39, 0.29) is 16.7 Å². The third-order valence-electron chi connectivity index (χ3n) is 5.14. The molecule has 5 rings (SSSR count). The van der Waals surface area contributed by atoms with E-state index in [1.165, 1.54) is 12.1 Å². The maximum absolute atomic E-state index is 13.0. The number of carbonyl (C=O) groups is 3. The first-order valence-corrected chi connectivity index (χ1v) is 9.45. The molecule has 0 saturated carbocycles. The van der Waals surface area contributed by atoms with Gasteiger partial charge in [0.05, 0.1) is 22.2 Å². The van der Waals surface area contributed by atoms with Crippen LogP contribution in [-0.4, -0.2) is 27.4 Å². The molecule has 4 aromatic rings. The Bertz CT molecular complexity index is 1270. The van der Waals surface area contributed by atoms with Crippen LogP contribution in [-0.2, 0) is 11.4 Å². The minimum atomic E-state index is -0.761. The van der Waals surface area contributed by atoms with Crippen molar-refractivity contribution in [3.8, 4) is 0 Å². The SMILES string of the molecule is O=C(ON1C(=O)c2ccccc2C1=O)c1cccc2ccn(Cc3ccccc3)c12. The molecule has 6 nitrogen and oxygen atoms in total. The van der Waals surface area contributed by atoms with Crippen molar-refractivity contribution in [1.29, 1.82) is 0 Å². The second kappa shape index (κ2) is 7.00. The zero-order chi connectivity index (χ0) is 20.7. The van der Waals surface area contributed by atoms with E-state index in [0.29, 0.717) is 17.1 Å². The molecular weight excluding hydrogens is 380 g/mol. The molecule has 2 amide bonds. The summed E-state index contributed by atoms with van der Waals surface area (Å²) in [4.78, 5) is 43.3. The predicted molar refractivity (Wildman–Crippen MR) is 110 cm³/mol. The summed E-state index contributed by atoms with van der Waals surface area (Å²) in [5.74, 6) is -2.05. The molecule has 0 atom stereocenters. The minimum Gasteiger partial charge on any atom is -0.342 e. The highest BCUT2D eigenvalue weighted by atomic mass is 16.7. The quantitative estimate of drug-likeness (QED) is 0.488. The first kappa shape index (κ1) is 17.9. The Balaban J connectivity index is 1.48. The number of benzene rings is 3. The standard InChI is InChI=1S/C24H16N2O4/c27-22-18-10-4-5-11-19(18)23(28)26(22)30-24(29)20-12-6-9-17-13-14-25(21(17)20)15-16-7-2-1-3-8-16/h1-14H,15H2. The number of fused-ring (bicyclic) bond motifs is 2. The van der Waals surface area contributed by atoms with Crippen LogP contribution in [0.3, 0.4) is 0 Å². The Morgan fingerprint density at radius 2 is 1.43 bits per heavy atom. The van der Waals surface area contributed by atoms with E-state index in [4.69, 9.17) is 4.84 Å². The lowest BCUT2D eigenvalue weighted by Gasteiger charge is -2.14. The van der Waals surface area contributed by atoms with Gasteiger partial charge in [-0.25, -0.2) is 4.79 Å². The lowest BCUT2D eigenvalue weighted by Crippen LogP contribution is -2.32. The molecule has 6 heteroatoms. The second-order valence-electron chi connectivity index (χ2n) is 7.00. The molecule has 0 spiro atoms. The third kappa shape index (κ3) is 2.86. The highest BCUT2D eigenvalue weighted by molar-refractivity contribution is 6.21. The molecule has 0 unspecified atom stereocenters. The monoisotopic (exact) mass is 396 g/mol. The topological polar surface area (TPSA) is 68.6 Å². The molecule has 146 valence electrons. The minimum absolute atomic E-state index is 0.223. The molecule has 0 N–H and O–H groups in total. The number of amides is 2. The Morgan fingerprint density at radius 1 is 0.767 bits per heavy atom. The lowest BCUT2D eigenvalue weighted by molar-refractivity contribution is -0.0583. The molecule has 0 fully saturated rings. The number of para-hydroxylation sites is 1. The van der Waals surface area contributed by atoms with E-state index in [1.54, 1.807) is 24.3 Å². The molecular formula is C24H16N2O4. The van der Waals surface area contributed by atoms with Crippen LogP contribution < -0.4 is 0 Å². The van der Waals surface area contributed by atoms with Crippen molar-refractivity contribution in [2.24, 2.45) is 0 Å². The van der Waals surface area contributed by atoms with E-state index < -0.39 is 17.8 Å². The number of aromatic nitrogens is 1. The fourth-order valence-corrected chi connectivity index (χ4v) is 3.72. The van der Waals surface area contributed by atoms with Gasteiger partial charge in [0.1, 0.15) is 0 Å². The molecule has 0 saturated heterocycles. The number of hydrogen-bond donors (Lipinski definition) is 0. The van der Waals surface area contributed by atoms with Gasteiger partial charge in [0.25, 0.3) is 11.8 Å². The number of imide groups is 1. The van der Waals surface area contributed by atoms with Crippen LogP contribution in [0.1, 0.15) is 36.6 Å². The van der Waals surface area contributed by atoms with Crippen LogP contribution in [0.15, 0.2) is 85.1 Å². The zero-order valence-electron chi connectivity index (χ0n) is 15.8. The van der Waals surface area contributed by atoms with Crippen LogP contribution in [0.5, 0.6) is 0 Å². The van der Waals surface area contributed by atoms with Crippen LogP contribution in [0, 0.1) is 0 Å². The fraction of sp³-hybridized carbons (Fsp3) is 0.0417. The molecule has 3 aromatic carbocycles. The van der Waals surface area contributed by atoms with Crippen LogP contribution in [0.2, 0.25) is 0 Å². The summed E-state index contributed by atoms with van der Waals surface area (Å²) in [6.07, 6.45) is 1.90. The van der Waals surface area contributed by atoms with Crippen molar-refractivity contribution >= 4 is 28.7 Å². The van der Waals surface area contributed by atoms with Gasteiger partial charge in [0.15, 0.2) is 0 Å². The van der Waals surface area contributed by atoms with E-state index in [0.717, 1.165) is 10.9 Å². The molecule has 0 radical (unpaired) electrons. The first-order chi connectivity index (χ1) is 14.6. The highest BCUT2D eigenvalue weighted by Gasteiger charge is 2.39. The van der Waals surface area contributed by atoms with Crippen molar-refractivity contribution in [2.45, 2.75) is 6.54 Å². The van der Waals surface area contributed by atoms with Gasteiger partial charge in [-0.2, -0.15) is 0 Å². The smallest absolute Gasteiger partial charge is 0.342 e. The molecule has 0 bridgehead atoms. The van der Waals surface area contributed by atoms with Crippen molar-refractivity contribution in [1.82, 2.24) is 9.63 Å². The summed E-state index contributed by atoms with van der Waals surface area (Å²) in [5.41, 5.74) is 2.49. The summed E-state index contributed by atoms with van der Waals surface area (Å²) < 4.78 is 1.95. The van der Waals surface area contributed by atoms with E-state index in [1.807, 2.05) is 53.2 Å². The molecule has 0 aliphatic carbocycles. The van der Waals surface area contributed by atoms with Crippen LogP contribution in [0.4, 0.5) is 0 Å². The summed E-state index contributed by atoms with van der Waals surface area (Å²) in [5, 5.41) is 1.40. The van der Waals surface area contributed by atoms with Gasteiger partial charge in [-0.05, 0) is 29.8 Å². The summed E-state index contributed by atoms with van der Waals surface area (Å²) in [6.45, 7) is 0.571. The molecule has 1 aliphatic rings. The zero-order valence-corrected chi connectivity index (χ0v) is 15.8. The highest BCUT2D eigenvalue weighted by Crippen LogP contribution is 2.26. The van der Waals surface area contributed by atoms with Gasteiger partial charge in [-0.1, -0.05) is 59.7 Å². The molecule has 2 heterocycles. The van der Waals surface area contributed by atoms with Gasteiger partial charge in [0, 0.05) is 18.1 Å². The summed E-state index contributed by atoms with van der Waals surface area (Å²) in [6, 6.07) is 23.4.